The van der Waals surface area contributed by atoms with Crippen LogP contribution in [0.15, 0.2) is 23.1 Å². The van der Waals surface area contributed by atoms with E-state index < -0.39 is 21.4 Å². The first-order valence-electron chi connectivity index (χ1n) is 5.59. The minimum Gasteiger partial charge on any atom is -0.396 e. The molecule has 1 rings (SSSR count). The summed E-state index contributed by atoms with van der Waals surface area (Å²) in [5.41, 5.74) is -0.391. The van der Waals surface area contributed by atoms with E-state index in [9.17, 15) is 12.8 Å². The van der Waals surface area contributed by atoms with Crippen LogP contribution in [0.1, 0.15) is 25.8 Å². The second kappa shape index (κ2) is 5.34. The van der Waals surface area contributed by atoms with Crippen molar-refractivity contribution in [1.29, 1.82) is 0 Å². The van der Waals surface area contributed by atoms with Crippen LogP contribution in [0.4, 0.5) is 4.39 Å². The van der Waals surface area contributed by atoms with E-state index in [2.05, 4.69) is 4.72 Å². The van der Waals surface area contributed by atoms with Crippen LogP contribution in [0.25, 0.3) is 0 Å². The summed E-state index contributed by atoms with van der Waals surface area (Å²) in [4.78, 5) is -0.114. The number of rotatable bonds is 5. The predicted octanol–water partition coefficient (Wildman–Crippen LogP) is 1.57. The van der Waals surface area contributed by atoms with Crippen LogP contribution < -0.4 is 4.72 Å². The molecular formula is C12H18FNO3S. The third-order valence-corrected chi connectivity index (χ3v) is 4.30. The molecule has 0 saturated heterocycles. The first-order chi connectivity index (χ1) is 8.18. The fraction of sp³-hybridized carbons (Fsp3) is 0.500. The van der Waals surface area contributed by atoms with Gasteiger partial charge < -0.3 is 5.11 Å². The van der Waals surface area contributed by atoms with Gasteiger partial charge in [0.15, 0.2) is 0 Å². The molecule has 0 aliphatic rings. The summed E-state index contributed by atoms with van der Waals surface area (Å²) >= 11 is 0. The van der Waals surface area contributed by atoms with Gasteiger partial charge in [0.05, 0.1) is 4.90 Å². The molecule has 0 unspecified atom stereocenters. The van der Waals surface area contributed by atoms with Crippen molar-refractivity contribution >= 4 is 10.0 Å². The minimum absolute atomic E-state index is 0.114. The maximum Gasteiger partial charge on any atom is 0.241 e. The molecule has 1 aromatic rings. The molecule has 102 valence electrons. The normalized spacial score (nSPS) is 12.7. The Morgan fingerprint density at radius 3 is 2.50 bits per heavy atom. The number of nitrogens with one attached hydrogen (secondary N) is 1. The van der Waals surface area contributed by atoms with E-state index in [-0.39, 0.29) is 17.9 Å². The molecule has 0 radical (unpaired) electrons. The van der Waals surface area contributed by atoms with Gasteiger partial charge >= 0.3 is 0 Å². The van der Waals surface area contributed by atoms with E-state index in [0.29, 0.717) is 5.56 Å². The number of hydrogen-bond donors (Lipinski definition) is 2. The predicted molar refractivity (Wildman–Crippen MR) is 67.2 cm³/mol. The van der Waals surface area contributed by atoms with E-state index in [1.54, 1.807) is 20.8 Å². The van der Waals surface area contributed by atoms with Crippen LogP contribution in [0.3, 0.4) is 0 Å². The van der Waals surface area contributed by atoms with Gasteiger partial charge in [-0.25, -0.2) is 17.5 Å². The number of sulfonamides is 1. The Morgan fingerprint density at radius 1 is 1.39 bits per heavy atom. The summed E-state index contributed by atoms with van der Waals surface area (Å²) in [5, 5.41) is 8.85. The first kappa shape index (κ1) is 15.1. The number of hydrogen-bond acceptors (Lipinski definition) is 3. The summed E-state index contributed by atoms with van der Waals surface area (Å²) in [6.45, 7) is 4.75. The fourth-order valence-corrected chi connectivity index (χ4v) is 2.95. The maximum atomic E-state index is 13.4. The average molecular weight is 275 g/mol. The van der Waals surface area contributed by atoms with E-state index in [1.807, 2.05) is 0 Å². The largest absolute Gasteiger partial charge is 0.396 e. The Morgan fingerprint density at radius 2 is 2.00 bits per heavy atom. The van der Waals surface area contributed by atoms with E-state index >= 15 is 0 Å². The zero-order chi connectivity index (χ0) is 14.0. The fourth-order valence-electron chi connectivity index (χ4n) is 1.49. The summed E-state index contributed by atoms with van der Waals surface area (Å²) in [5.74, 6) is -0.558. The van der Waals surface area contributed by atoms with E-state index in [0.717, 1.165) is 6.07 Å². The molecule has 4 nitrogen and oxygen atoms in total. The van der Waals surface area contributed by atoms with Gasteiger partial charge in [0.1, 0.15) is 5.82 Å². The van der Waals surface area contributed by atoms with Crippen molar-refractivity contribution in [2.24, 2.45) is 0 Å². The molecule has 2 N–H and O–H groups in total. The van der Waals surface area contributed by atoms with Crippen molar-refractivity contribution in [2.45, 2.75) is 37.6 Å². The van der Waals surface area contributed by atoms with Gasteiger partial charge in [-0.05, 0) is 44.9 Å². The molecule has 0 aromatic heterocycles. The van der Waals surface area contributed by atoms with Crippen LogP contribution in [-0.4, -0.2) is 25.7 Å². The third-order valence-electron chi connectivity index (χ3n) is 2.60. The lowest BCUT2D eigenvalue weighted by Crippen LogP contribution is -2.43. The Hall–Kier alpha value is -0.980. The molecule has 0 saturated carbocycles. The monoisotopic (exact) mass is 275 g/mol. The molecule has 0 spiro atoms. The number of benzene rings is 1. The van der Waals surface area contributed by atoms with Crippen molar-refractivity contribution in [2.75, 3.05) is 6.61 Å². The van der Waals surface area contributed by atoms with E-state index in [4.69, 9.17) is 5.11 Å². The highest BCUT2D eigenvalue weighted by Gasteiger charge is 2.26. The summed E-state index contributed by atoms with van der Waals surface area (Å²) in [6, 6.07) is 3.77. The molecule has 0 aliphatic heterocycles. The highest BCUT2D eigenvalue weighted by Crippen LogP contribution is 2.17. The highest BCUT2D eigenvalue weighted by molar-refractivity contribution is 7.89. The number of aliphatic hydroxyl groups excluding tert-OH is 1. The zero-order valence-corrected chi connectivity index (χ0v) is 11.5. The number of halogens is 1. The molecular weight excluding hydrogens is 257 g/mol. The standard InChI is InChI=1S/C12H18FNO3S/c1-9-4-5-10(8-11(9)13)18(16,17)14-12(2,3)6-7-15/h4-5,8,14-15H,6-7H2,1-3H3. The van der Waals surface area contributed by atoms with Gasteiger partial charge in [0, 0.05) is 12.1 Å². The second-order valence-electron chi connectivity index (χ2n) is 4.87. The minimum atomic E-state index is -3.78. The quantitative estimate of drug-likeness (QED) is 0.857. The van der Waals surface area contributed by atoms with Crippen LogP contribution in [0.5, 0.6) is 0 Å². The molecule has 6 heteroatoms. The first-order valence-corrected chi connectivity index (χ1v) is 7.07. The van der Waals surface area contributed by atoms with Crippen molar-refractivity contribution in [3.8, 4) is 0 Å². The van der Waals surface area contributed by atoms with E-state index in [1.165, 1.54) is 12.1 Å². The van der Waals surface area contributed by atoms with Crippen molar-refractivity contribution in [3.63, 3.8) is 0 Å². The van der Waals surface area contributed by atoms with Gasteiger partial charge in [-0.2, -0.15) is 0 Å². The molecule has 0 bridgehead atoms. The molecule has 0 heterocycles. The smallest absolute Gasteiger partial charge is 0.241 e. The topological polar surface area (TPSA) is 66.4 Å². The molecule has 0 atom stereocenters. The highest BCUT2D eigenvalue weighted by atomic mass is 32.2. The Balaban J connectivity index is 3.03. The Bertz CT molecular complexity index is 526. The summed E-state index contributed by atoms with van der Waals surface area (Å²) in [7, 11) is -3.78. The van der Waals surface area contributed by atoms with Crippen LogP contribution in [0.2, 0.25) is 0 Å². The molecule has 0 amide bonds. The van der Waals surface area contributed by atoms with Crippen molar-refractivity contribution in [1.82, 2.24) is 4.72 Å². The second-order valence-corrected chi connectivity index (χ2v) is 6.56. The molecule has 18 heavy (non-hydrogen) atoms. The molecule has 1 aromatic carbocycles. The third kappa shape index (κ3) is 3.76. The van der Waals surface area contributed by atoms with Crippen LogP contribution >= 0.6 is 0 Å². The maximum absolute atomic E-state index is 13.4. The van der Waals surface area contributed by atoms with Gasteiger partial charge in [-0.15, -0.1) is 0 Å². The lowest BCUT2D eigenvalue weighted by atomic mass is 10.0. The van der Waals surface area contributed by atoms with Crippen LogP contribution in [0, 0.1) is 12.7 Å². The SMILES string of the molecule is Cc1ccc(S(=O)(=O)NC(C)(C)CCO)cc1F. The van der Waals surface area contributed by atoms with Gasteiger partial charge in [-0.3, -0.25) is 0 Å². The van der Waals surface area contributed by atoms with Gasteiger partial charge in [0.2, 0.25) is 10.0 Å². The van der Waals surface area contributed by atoms with Crippen molar-refractivity contribution < 1.29 is 17.9 Å². The van der Waals surface area contributed by atoms with Crippen LogP contribution in [-0.2, 0) is 10.0 Å². The lowest BCUT2D eigenvalue weighted by molar-refractivity contribution is 0.245. The summed E-state index contributed by atoms with van der Waals surface area (Å²) < 4.78 is 39.9. The Labute approximate surface area is 107 Å². The lowest BCUT2D eigenvalue weighted by Gasteiger charge is -2.25. The van der Waals surface area contributed by atoms with Gasteiger partial charge in [-0.1, -0.05) is 6.07 Å². The average Bonchev–Trinajstić information content (AvgIpc) is 2.20. The Kier molecular flexibility index (Phi) is 4.47. The van der Waals surface area contributed by atoms with Crippen molar-refractivity contribution in [3.05, 3.63) is 29.6 Å². The molecule has 0 aliphatic carbocycles. The number of aliphatic hydroxyl groups is 1. The number of aryl methyl sites for hydroxylation is 1. The zero-order valence-electron chi connectivity index (χ0n) is 10.7. The molecule has 0 fully saturated rings. The summed E-state index contributed by atoms with van der Waals surface area (Å²) in [6.07, 6.45) is 0.278. The van der Waals surface area contributed by atoms with Gasteiger partial charge in [0.25, 0.3) is 0 Å².